The molecule has 0 aromatic heterocycles. The first-order chi connectivity index (χ1) is 8.38. The van der Waals surface area contributed by atoms with Crippen molar-refractivity contribution >= 4 is 17.7 Å². The lowest BCUT2D eigenvalue weighted by atomic mass is 9.70. The molecule has 0 spiro atoms. The maximum Gasteiger partial charge on any atom is 0.321 e. The molecule has 0 amide bonds. The van der Waals surface area contributed by atoms with Gasteiger partial charge in [0.1, 0.15) is 6.04 Å². The van der Waals surface area contributed by atoms with Gasteiger partial charge in [-0.05, 0) is 42.9 Å². The smallest absolute Gasteiger partial charge is 0.321 e. The van der Waals surface area contributed by atoms with Crippen LogP contribution in [0.25, 0.3) is 0 Å². The van der Waals surface area contributed by atoms with E-state index in [0.29, 0.717) is 16.7 Å². The molecule has 3 nitrogen and oxygen atoms in total. The van der Waals surface area contributed by atoms with Crippen LogP contribution < -0.4 is 5.32 Å². The van der Waals surface area contributed by atoms with Crippen molar-refractivity contribution in [2.45, 2.75) is 57.9 Å². The van der Waals surface area contributed by atoms with Crippen molar-refractivity contribution in [1.82, 2.24) is 5.32 Å². The molecule has 0 aromatic rings. The number of thioether (sulfide) groups is 1. The highest BCUT2D eigenvalue weighted by Crippen LogP contribution is 2.43. The van der Waals surface area contributed by atoms with Crippen molar-refractivity contribution in [1.29, 1.82) is 0 Å². The van der Waals surface area contributed by atoms with E-state index >= 15 is 0 Å². The minimum Gasteiger partial charge on any atom is -0.480 e. The number of carboxylic acids is 1. The molecule has 1 saturated heterocycles. The van der Waals surface area contributed by atoms with Crippen LogP contribution in [0.3, 0.4) is 0 Å². The first kappa shape index (κ1) is 14.2. The summed E-state index contributed by atoms with van der Waals surface area (Å²) in [6.45, 7) is 7.00. The van der Waals surface area contributed by atoms with Gasteiger partial charge in [0.2, 0.25) is 0 Å². The highest BCUT2D eigenvalue weighted by molar-refractivity contribution is 8.00. The molecule has 1 unspecified atom stereocenters. The Morgan fingerprint density at radius 3 is 2.28 bits per heavy atom. The van der Waals surface area contributed by atoms with E-state index in [1.807, 2.05) is 0 Å². The lowest BCUT2D eigenvalue weighted by Gasteiger charge is -2.38. The lowest BCUT2D eigenvalue weighted by Crippen LogP contribution is -2.41. The van der Waals surface area contributed by atoms with Gasteiger partial charge in [0, 0.05) is 5.75 Å². The van der Waals surface area contributed by atoms with E-state index in [9.17, 15) is 4.79 Å². The standard InChI is InChI=1S/C14H25NO2S/c1-14(2,3)10-6-4-9(5-7-10)12-15-11(8-18-12)13(16)17/h9-12,15H,4-8H2,1-3H3,(H,16,17)/t9?,10?,11-,12?/m1/s1. The summed E-state index contributed by atoms with van der Waals surface area (Å²) in [4.78, 5) is 10.9. The molecule has 104 valence electrons. The second kappa shape index (κ2) is 5.41. The van der Waals surface area contributed by atoms with Crippen molar-refractivity contribution in [3.8, 4) is 0 Å². The third-order valence-corrected chi connectivity index (χ3v) is 5.94. The summed E-state index contributed by atoms with van der Waals surface area (Å²) >= 11 is 1.80. The molecule has 2 fully saturated rings. The summed E-state index contributed by atoms with van der Waals surface area (Å²) in [5.41, 5.74) is 0.421. The van der Waals surface area contributed by atoms with Gasteiger partial charge < -0.3 is 5.11 Å². The van der Waals surface area contributed by atoms with E-state index in [0.717, 1.165) is 11.7 Å². The van der Waals surface area contributed by atoms with Crippen LogP contribution in [0.2, 0.25) is 0 Å². The molecule has 2 N–H and O–H groups in total. The Bertz CT molecular complexity index is 305. The van der Waals surface area contributed by atoms with Crippen LogP contribution in [0, 0.1) is 17.3 Å². The van der Waals surface area contributed by atoms with Crippen molar-refractivity contribution in [3.05, 3.63) is 0 Å². The maximum absolute atomic E-state index is 10.9. The SMILES string of the molecule is CC(C)(C)C1CCC(C2N[C@@H](C(=O)O)CS2)CC1. The largest absolute Gasteiger partial charge is 0.480 e. The van der Waals surface area contributed by atoms with Crippen LogP contribution in [0.4, 0.5) is 0 Å². The number of aliphatic carboxylic acids is 1. The summed E-state index contributed by atoms with van der Waals surface area (Å²) in [5, 5.41) is 12.6. The Morgan fingerprint density at radius 1 is 1.22 bits per heavy atom. The van der Waals surface area contributed by atoms with Gasteiger partial charge in [-0.25, -0.2) is 0 Å². The molecular weight excluding hydrogens is 246 g/mol. The van der Waals surface area contributed by atoms with Crippen LogP contribution in [-0.4, -0.2) is 28.2 Å². The number of carboxylic acid groups (broad SMARTS) is 1. The fourth-order valence-electron chi connectivity index (χ4n) is 3.20. The van der Waals surface area contributed by atoms with E-state index in [2.05, 4.69) is 26.1 Å². The summed E-state index contributed by atoms with van der Waals surface area (Å²) in [6.07, 6.45) is 5.09. The van der Waals surface area contributed by atoms with Gasteiger partial charge in [-0.15, -0.1) is 11.8 Å². The van der Waals surface area contributed by atoms with Crippen LogP contribution in [-0.2, 0) is 4.79 Å². The zero-order valence-electron chi connectivity index (χ0n) is 11.6. The average Bonchev–Trinajstić information content (AvgIpc) is 2.77. The third kappa shape index (κ3) is 3.21. The summed E-state index contributed by atoms with van der Waals surface area (Å²) < 4.78 is 0. The quantitative estimate of drug-likeness (QED) is 0.810. The van der Waals surface area contributed by atoms with Crippen LogP contribution in [0.15, 0.2) is 0 Å². The highest BCUT2D eigenvalue weighted by atomic mass is 32.2. The molecule has 1 saturated carbocycles. The van der Waals surface area contributed by atoms with Gasteiger partial charge in [0.25, 0.3) is 0 Å². The molecule has 2 atom stereocenters. The van der Waals surface area contributed by atoms with Crippen LogP contribution in [0.1, 0.15) is 46.5 Å². The number of rotatable bonds is 2. The second-order valence-electron chi connectivity index (χ2n) is 6.79. The van der Waals surface area contributed by atoms with Crippen molar-refractivity contribution in [2.24, 2.45) is 17.3 Å². The fourth-order valence-corrected chi connectivity index (χ4v) is 4.64. The average molecular weight is 271 g/mol. The van der Waals surface area contributed by atoms with Crippen molar-refractivity contribution in [3.63, 3.8) is 0 Å². The zero-order valence-corrected chi connectivity index (χ0v) is 12.4. The number of hydrogen-bond acceptors (Lipinski definition) is 3. The zero-order chi connectivity index (χ0) is 13.3. The Kier molecular flexibility index (Phi) is 4.27. The summed E-state index contributed by atoms with van der Waals surface area (Å²) in [6, 6.07) is -0.333. The summed E-state index contributed by atoms with van der Waals surface area (Å²) in [7, 11) is 0. The molecule has 1 heterocycles. The summed E-state index contributed by atoms with van der Waals surface area (Å²) in [5.74, 6) is 1.51. The Hall–Kier alpha value is -0.220. The molecule has 0 aromatic carbocycles. The molecule has 0 radical (unpaired) electrons. The van der Waals surface area contributed by atoms with Gasteiger partial charge in [-0.3, -0.25) is 10.1 Å². The number of nitrogens with one attached hydrogen (secondary N) is 1. The van der Waals surface area contributed by atoms with E-state index in [1.165, 1.54) is 25.7 Å². The third-order valence-electron chi connectivity index (χ3n) is 4.53. The maximum atomic E-state index is 10.9. The van der Waals surface area contributed by atoms with E-state index in [1.54, 1.807) is 11.8 Å². The van der Waals surface area contributed by atoms with Crippen LogP contribution >= 0.6 is 11.8 Å². The Balaban J connectivity index is 1.82. The number of carbonyl (C=O) groups is 1. The van der Waals surface area contributed by atoms with Gasteiger partial charge >= 0.3 is 5.97 Å². The van der Waals surface area contributed by atoms with E-state index in [4.69, 9.17) is 5.11 Å². The first-order valence-corrected chi connectivity index (χ1v) is 8.03. The predicted molar refractivity (Wildman–Crippen MR) is 75.7 cm³/mol. The molecule has 2 rings (SSSR count). The van der Waals surface area contributed by atoms with Crippen LogP contribution in [0.5, 0.6) is 0 Å². The normalized spacial score (nSPS) is 37.7. The van der Waals surface area contributed by atoms with Gasteiger partial charge in [0.05, 0.1) is 5.37 Å². The van der Waals surface area contributed by atoms with Gasteiger partial charge in [0.15, 0.2) is 0 Å². The molecule has 4 heteroatoms. The fraction of sp³-hybridized carbons (Fsp3) is 0.929. The van der Waals surface area contributed by atoms with Gasteiger partial charge in [-0.2, -0.15) is 0 Å². The van der Waals surface area contributed by atoms with E-state index < -0.39 is 5.97 Å². The lowest BCUT2D eigenvalue weighted by molar-refractivity contribution is -0.138. The molecule has 18 heavy (non-hydrogen) atoms. The van der Waals surface area contributed by atoms with E-state index in [-0.39, 0.29) is 6.04 Å². The first-order valence-electron chi connectivity index (χ1n) is 6.98. The molecule has 2 aliphatic rings. The minimum absolute atomic E-state index is 0.333. The minimum atomic E-state index is -0.701. The Labute approximate surface area is 114 Å². The highest BCUT2D eigenvalue weighted by Gasteiger charge is 2.37. The molecular formula is C14H25NO2S. The Morgan fingerprint density at radius 2 is 1.83 bits per heavy atom. The monoisotopic (exact) mass is 271 g/mol. The van der Waals surface area contributed by atoms with Gasteiger partial charge in [-0.1, -0.05) is 20.8 Å². The molecule has 0 bridgehead atoms. The topological polar surface area (TPSA) is 49.3 Å². The predicted octanol–water partition coefficient (Wildman–Crippen LogP) is 2.95. The van der Waals surface area contributed by atoms with Crippen molar-refractivity contribution < 1.29 is 9.90 Å². The van der Waals surface area contributed by atoms with Crippen molar-refractivity contribution in [2.75, 3.05) is 5.75 Å². The molecule has 1 aliphatic heterocycles. The molecule has 1 aliphatic carbocycles. The second-order valence-corrected chi connectivity index (χ2v) is 7.96. The number of hydrogen-bond donors (Lipinski definition) is 2.